The minimum absolute atomic E-state index is 0.0604. The van der Waals surface area contributed by atoms with Gasteiger partial charge in [0.25, 0.3) is 5.91 Å². The molecule has 0 aliphatic rings. The molecule has 1 aromatic heterocycles. The van der Waals surface area contributed by atoms with E-state index in [2.05, 4.69) is 24.1 Å². The zero-order valence-corrected chi connectivity index (χ0v) is 18.0. The van der Waals surface area contributed by atoms with Gasteiger partial charge in [-0.25, -0.2) is 4.98 Å². The maximum Gasteiger partial charge on any atom is 0.262 e. The smallest absolute Gasteiger partial charge is 0.262 e. The van der Waals surface area contributed by atoms with E-state index < -0.39 is 0 Å². The summed E-state index contributed by atoms with van der Waals surface area (Å²) >= 11 is 0. The molecule has 3 aromatic carbocycles. The van der Waals surface area contributed by atoms with Crippen LogP contribution in [0.2, 0.25) is 0 Å². The van der Waals surface area contributed by atoms with E-state index in [-0.39, 0.29) is 12.5 Å². The molecule has 0 saturated heterocycles. The van der Waals surface area contributed by atoms with Gasteiger partial charge in [-0.05, 0) is 72.9 Å². The molecule has 0 radical (unpaired) electrons. The monoisotopic (exact) mass is 414 g/mol. The van der Waals surface area contributed by atoms with Gasteiger partial charge in [0.1, 0.15) is 11.3 Å². The summed E-state index contributed by atoms with van der Waals surface area (Å²) in [6.45, 7) is 6.31. The second-order valence-electron chi connectivity index (χ2n) is 7.79. The fraction of sp³-hybridized carbons (Fsp3) is 0.231. The van der Waals surface area contributed by atoms with Crippen LogP contribution in [0.25, 0.3) is 22.6 Å². The number of carbonyl (C=O) groups excluding carboxylic acids is 1. The van der Waals surface area contributed by atoms with Gasteiger partial charge in [0.05, 0.1) is 0 Å². The van der Waals surface area contributed by atoms with Crippen molar-refractivity contribution < 1.29 is 13.9 Å². The van der Waals surface area contributed by atoms with Crippen molar-refractivity contribution in [1.82, 2.24) is 4.98 Å². The van der Waals surface area contributed by atoms with Gasteiger partial charge in [-0.3, -0.25) is 4.79 Å². The Morgan fingerprint density at radius 1 is 1.10 bits per heavy atom. The molecule has 0 spiro atoms. The second-order valence-corrected chi connectivity index (χ2v) is 7.79. The number of oxazole rings is 1. The molecule has 158 valence electrons. The number of carbonyl (C=O) groups is 1. The van der Waals surface area contributed by atoms with Crippen molar-refractivity contribution in [2.75, 3.05) is 11.9 Å². The quantitative estimate of drug-likeness (QED) is 0.383. The van der Waals surface area contributed by atoms with Crippen LogP contribution in [0.5, 0.6) is 5.75 Å². The number of hydrogen-bond acceptors (Lipinski definition) is 4. The molecule has 5 heteroatoms. The van der Waals surface area contributed by atoms with Crippen molar-refractivity contribution in [2.45, 2.75) is 33.1 Å². The molecular formula is C26H26N2O3. The number of nitrogens with one attached hydrogen (secondary N) is 1. The number of aryl methyl sites for hydroxylation is 1. The Bertz CT molecular complexity index is 1190. The zero-order valence-electron chi connectivity index (χ0n) is 18.0. The van der Waals surface area contributed by atoms with Gasteiger partial charge in [-0.2, -0.15) is 0 Å². The molecule has 31 heavy (non-hydrogen) atoms. The number of amides is 1. The molecular weight excluding hydrogens is 388 g/mol. The van der Waals surface area contributed by atoms with Gasteiger partial charge in [0, 0.05) is 11.3 Å². The molecule has 0 bridgehead atoms. The summed E-state index contributed by atoms with van der Waals surface area (Å²) in [5.41, 5.74) is 5.40. The summed E-state index contributed by atoms with van der Waals surface area (Å²) < 4.78 is 11.5. The van der Waals surface area contributed by atoms with E-state index in [1.54, 1.807) is 0 Å². The first-order valence-corrected chi connectivity index (χ1v) is 10.5. The van der Waals surface area contributed by atoms with Crippen LogP contribution in [-0.2, 0) is 4.79 Å². The Hall–Kier alpha value is -3.60. The molecule has 1 amide bonds. The zero-order chi connectivity index (χ0) is 21.8. The number of hydrogen-bond donors (Lipinski definition) is 1. The van der Waals surface area contributed by atoms with Crippen LogP contribution < -0.4 is 10.1 Å². The molecule has 0 aliphatic heterocycles. The van der Waals surface area contributed by atoms with Gasteiger partial charge in [0.2, 0.25) is 5.89 Å². The first kappa shape index (κ1) is 20.7. The third kappa shape index (κ3) is 4.94. The van der Waals surface area contributed by atoms with Crippen molar-refractivity contribution in [3.8, 4) is 17.2 Å². The summed E-state index contributed by atoms with van der Waals surface area (Å²) in [6, 6.07) is 21.3. The lowest BCUT2D eigenvalue weighted by Gasteiger charge is -2.11. The third-order valence-corrected chi connectivity index (χ3v) is 5.37. The van der Waals surface area contributed by atoms with Crippen LogP contribution in [0.3, 0.4) is 0 Å². The van der Waals surface area contributed by atoms with Crippen LogP contribution in [0.15, 0.2) is 71.1 Å². The highest BCUT2D eigenvalue weighted by Crippen LogP contribution is 2.27. The Balaban J connectivity index is 1.39. The molecule has 0 unspecified atom stereocenters. The molecule has 0 saturated carbocycles. The maximum atomic E-state index is 12.4. The molecule has 1 heterocycles. The summed E-state index contributed by atoms with van der Waals surface area (Å²) in [7, 11) is 0. The molecule has 0 fully saturated rings. The lowest BCUT2D eigenvalue weighted by molar-refractivity contribution is -0.118. The first-order valence-electron chi connectivity index (χ1n) is 10.5. The number of anilines is 1. The SMILES string of the molecule is CC[C@H](C)c1ccc(OCC(=O)Nc2cccc(-c3nc4ccc(C)cc4o3)c2)cc1. The highest BCUT2D eigenvalue weighted by molar-refractivity contribution is 5.92. The molecule has 5 nitrogen and oxygen atoms in total. The van der Waals surface area contributed by atoms with E-state index >= 15 is 0 Å². The Morgan fingerprint density at radius 2 is 1.90 bits per heavy atom. The van der Waals surface area contributed by atoms with E-state index in [4.69, 9.17) is 9.15 Å². The lowest BCUT2D eigenvalue weighted by atomic mass is 9.99. The molecule has 1 N–H and O–H groups in total. The van der Waals surface area contributed by atoms with Gasteiger partial charge in [-0.1, -0.05) is 38.1 Å². The average Bonchev–Trinajstić information content (AvgIpc) is 3.21. The molecule has 4 aromatic rings. The third-order valence-electron chi connectivity index (χ3n) is 5.37. The maximum absolute atomic E-state index is 12.4. The summed E-state index contributed by atoms with van der Waals surface area (Å²) in [4.78, 5) is 16.9. The topological polar surface area (TPSA) is 64.4 Å². The van der Waals surface area contributed by atoms with Crippen molar-refractivity contribution >= 4 is 22.7 Å². The van der Waals surface area contributed by atoms with E-state index in [0.717, 1.165) is 28.6 Å². The van der Waals surface area contributed by atoms with Gasteiger partial charge >= 0.3 is 0 Å². The van der Waals surface area contributed by atoms with Gasteiger partial charge in [0.15, 0.2) is 12.2 Å². The van der Waals surface area contributed by atoms with Crippen LogP contribution in [0, 0.1) is 6.92 Å². The van der Waals surface area contributed by atoms with Crippen molar-refractivity contribution in [3.05, 3.63) is 77.9 Å². The Kier molecular flexibility index (Phi) is 6.03. The standard InChI is InChI=1S/C26H26N2O3/c1-4-18(3)19-9-11-22(12-10-19)30-16-25(29)27-21-7-5-6-20(15-21)26-28-23-13-8-17(2)14-24(23)31-26/h5-15,18H,4,16H2,1-3H3,(H,27,29)/t18-/m0/s1. The van der Waals surface area contributed by atoms with Gasteiger partial charge < -0.3 is 14.5 Å². The lowest BCUT2D eigenvalue weighted by Crippen LogP contribution is -2.20. The van der Waals surface area contributed by atoms with Crippen LogP contribution in [-0.4, -0.2) is 17.5 Å². The van der Waals surface area contributed by atoms with E-state index in [1.807, 2.05) is 73.7 Å². The molecule has 4 rings (SSSR count). The normalized spacial score (nSPS) is 12.0. The fourth-order valence-electron chi connectivity index (χ4n) is 3.36. The highest BCUT2D eigenvalue weighted by atomic mass is 16.5. The van der Waals surface area contributed by atoms with Crippen molar-refractivity contribution in [3.63, 3.8) is 0 Å². The Labute approximate surface area is 182 Å². The first-order chi connectivity index (χ1) is 15.0. The number of benzene rings is 3. The minimum atomic E-state index is -0.226. The number of nitrogens with zero attached hydrogens (tertiary/aromatic N) is 1. The van der Waals surface area contributed by atoms with Gasteiger partial charge in [-0.15, -0.1) is 0 Å². The number of rotatable bonds is 7. The summed E-state index contributed by atoms with van der Waals surface area (Å²) in [5, 5.41) is 2.87. The fourth-order valence-corrected chi connectivity index (χ4v) is 3.36. The van der Waals surface area contributed by atoms with E-state index in [9.17, 15) is 4.79 Å². The largest absolute Gasteiger partial charge is 0.484 e. The highest BCUT2D eigenvalue weighted by Gasteiger charge is 2.11. The summed E-state index contributed by atoms with van der Waals surface area (Å²) in [5.74, 6) is 1.48. The predicted molar refractivity (Wildman–Crippen MR) is 123 cm³/mol. The van der Waals surface area contributed by atoms with Crippen molar-refractivity contribution in [1.29, 1.82) is 0 Å². The van der Waals surface area contributed by atoms with Crippen LogP contribution >= 0.6 is 0 Å². The van der Waals surface area contributed by atoms with E-state index in [1.165, 1.54) is 5.56 Å². The average molecular weight is 415 g/mol. The number of aromatic nitrogens is 1. The molecule has 1 atom stereocenters. The van der Waals surface area contributed by atoms with Crippen LogP contribution in [0.1, 0.15) is 37.3 Å². The predicted octanol–water partition coefficient (Wildman–Crippen LogP) is 6.33. The Morgan fingerprint density at radius 3 is 2.68 bits per heavy atom. The minimum Gasteiger partial charge on any atom is -0.484 e. The van der Waals surface area contributed by atoms with E-state index in [0.29, 0.717) is 23.2 Å². The van der Waals surface area contributed by atoms with Crippen molar-refractivity contribution in [2.24, 2.45) is 0 Å². The molecule has 0 aliphatic carbocycles. The summed E-state index contributed by atoms with van der Waals surface area (Å²) in [6.07, 6.45) is 1.09. The number of fused-ring (bicyclic) bond motifs is 1. The number of ether oxygens (including phenoxy) is 1. The second kappa shape index (κ2) is 9.04. The van der Waals surface area contributed by atoms with Crippen LogP contribution in [0.4, 0.5) is 5.69 Å².